The van der Waals surface area contributed by atoms with Gasteiger partial charge in [0.25, 0.3) is 0 Å². The molecule has 0 spiro atoms. The van der Waals surface area contributed by atoms with Crippen molar-refractivity contribution < 1.29 is 4.74 Å². The minimum atomic E-state index is 0.803. The first-order chi connectivity index (χ1) is 9.65. The molecule has 2 aromatic rings. The first-order valence-electron chi connectivity index (χ1n) is 6.21. The lowest BCUT2D eigenvalue weighted by Crippen LogP contribution is -2.14. The largest absolute Gasteiger partial charge is 0.496 e. The minimum Gasteiger partial charge on any atom is -0.496 e. The third-order valence-electron chi connectivity index (χ3n) is 2.83. The van der Waals surface area contributed by atoms with Crippen molar-refractivity contribution in [3.8, 4) is 5.75 Å². The van der Waals surface area contributed by atoms with Crippen LogP contribution in [0.4, 0.5) is 0 Å². The lowest BCUT2D eigenvalue weighted by Gasteiger charge is -2.02. The number of thiazole rings is 1. The topological polar surface area (TPSA) is 38.9 Å². The number of hydrogen-bond donors (Lipinski definition) is 0. The Morgan fingerprint density at radius 3 is 2.90 bits per heavy atom. The molecule has 0 saturated heterocycles. The molecule has 0 unspecified atom stereocenters. The molecule has 0 aliphatic heterocycles. The summed E-state index contributed by atoms with van der Waals surface area (Å²) >= 11 is 5.05. The molecule has 0 fully saturated rings. The maximum atomic E-state index is 5.19. The molecule has 0 bridgehead atoms. The molecular formula is C14H16BrN3OS. The lowest BCUT2D eigenvalue weighted by atomic mass is 10.2. The van der Waals surface area contributed by atoms with Crippen molar-refractivity contribution in [1.29, 1.82) is 0 Å². The molecule has 1 aromatic carbocycles. The predicted molar refractivity (Wildman–Crippen MR) is 86.6 cm³/mol. The normalized spacial score (nSPS) is 12.3. The van der Waals surface area contributed by atoms with Gasteiger partial charge >= 0.3 is 0 Å². The van der Waals surface area contributed by atoms with Gasteiger partial charge in [-0.15, -0.1) is 16.4 Å². The van der Waals surface area contributed by atoms with E-state index in [9.17, 15) is 0 Å². The van der Waals surface area contributed by atoms with Gasteiger partial charge in [0.1, 0.15) is 5.75 Å². The van der Waals surface area contributed by atoms with E-state index < -0.39 is 0 Å². The first-order valence-corrected chi connectivity index (χ1v) is 7.88. The zero-order chi connectivity index (χ0) is 14.5. The average Bonchev–Trinajstić information content (AvgIpc) is 2.79. The van der Waals surface area contributed by atoms with Gasteiger partial charge in [-0.05, 0) is 53.5 Å². The van der Waals surface area contributed by atoms with Gasteiger partial charge in [0.2, 0.25) is 4.80 Å². The maximum Gasteiger partial charge on any atom is 0.210 e. The van der Waals surface area contributed by atoms with Crippen LogP contribution in [0, 0.1) is 6.92 Å². The van der Waals surface area contributed by atoms with Crippen LogP contribution in [-0.2, 0) is 6.54 Å². The Balaban J connectivity index is 2.23. The second-order valence-electron chi connectivity index (χ2n) is 4.14. The molecular weight excluding hydrogens is 338 g/mol. The van der Waals surface area contributed by atoms with Crippen LogP contribution in [-0.4, -0.2) is 17.9 Å². The summed E-state index contributed by atoms with van der Waals surface area (Å²) in [5.41, 5.74) is 2.18. The van der Waals surface area contributed by atoms with E-state index in [0.29, 0.717) is 0 Å². The number of hydrogen-bond acceptors (Lipinski definition) is 4. The summed E-state index contributed by atoms with van der Waals surface area (Å²) < 4.78 is 8.22. The second kappa shape index (κ2) is 6.85. The van der Waals surface area contributed by atoms with Gasteiger partial charge in [-0.1, -0.05) is 0 Å². The maximum absolute atomic E-state index is 5.19. The van der Waals surface area contributed by atoms with Crippen LogP contribution in [0.3, 0.4) is 0 Å². The van der Waals surface area contributed by atoms with Crippen molar-refractivity contribution in [1.82, 2.24) is 4.57 Å². The van der Waals surface area contributed by atoms with Crippen molar-refractivity contribution in [3.05, 3.63) is 44.1 Å². The number of methoxy groups -OCH3 is 1. The van der Waals surface area contributed by atoms with E-state index >= 15 is 0 Å². The summed E-state index contributed by atoms with van der Waals surface area (Å²) in [5, 5.41) is 10.5. The monoisotopic (exact) mass is 353 g/mol. The quantitative estimate of drug-likeness (QED) is 0.611. The van der Waals surface area contributed by atoms with Crippen molar-refractivity contribution >= 4 is 33.5 Å². The molecule has 2 rings (SSSR count). The number of nitrogens with zero attached hydrogens (tertiary/aromatic N) is 3. The number of aromatic nitrogens is 1. The van der Waals surface area contributed by atoms with Crippen molar-refractivity contribution in [2.75, 3.05) is 7.11 Å². The summed E-state index contributed by atoms with van der Waals surface area (Å²) in [6.07, 6.45) is 1.74. The zero-order valence-corrected chi connectivity index (χ0v) is 14.0. The van der Waals surface area contributed by atoms with E-state index in [1.807, 2.05) is 18.2 Å². The fourth-order valence-corrected chi connectivity index (χ4v) is 3.24. The molecule has 0 saturated carbocycles. The van der Waals surface area contributed by atoms with Gasteiger partial charge in [-0.25, -0.2) is 0 Å². The SMILES string of the molecule is CCn1c(C)cs/c1=N/N=C\c1ccc(OC)c(Br)c1. The number of halogens is 1. The van der Waals surface area contributed by atoms with Crippen LogP contribution in [0.1, 0.15) is 18.2 Å². The molecule has 4 nitrogen and oxygen atoms in total. The molecule has 6 heteroatoms. The van der Waals surface area contributed by atoms with Gasteiger partial charge in [0.05, 0.1) is 17.8 Å². The van der Waals surface area contributed by atoms with Crippen LogP contribution >= 0.6 is 27.3 Å². The molecule has 1 heterocycles. The second-order valence-corrected chi connectivity index (χ2v) is 5.83. The van der Waals surface area contributed by atoms with Crippen molar-refractivity contribution in [3.63, 3.8) is 0 Å². The fraction of sp³-hybridized carbons (Fsp3) is 0.286. The molecule has 0 N–H and O–H groups in total. The number of rotatable bonds is 4. The van der Waals surface area contributed by atoms with Crippen LogP contribution in [0.15, 0.2) is 38.3 Å². The summed E-state index contributed by atoms with van der Waals surface area (Å²) in [7, 11) is 1.64. The van der Waals surface area contributed by atoms with Gasteiger partial charge in [-0.3, -0.25) is 0 Å². The van der Waals surface area contributed by atoms with Crippen LogP contribution in [0.25, 0.3) is 0 Å². The highest BCUT2D eigenvalue weighted by Gasteiger charge is 2.00. The minimum absolute atomic E-state index is 0.803. The van der Waals surface area contributed by atoms with E-state index in [1.165, 1.54) is 5.69 Å². The number of benzene rings is 1. The Morgan fingerprint density at radius 1 is 1.45 bits per heavy atom. The highest BCUT2D eigenvalue weighted by atomic mass is 79.9. The van der Waals surface area contributed by atoms with E-state index in [-0.39, 0.29) is 0 Å². The highest BCUT2D eigenvalue weighted by molar-refractivity contribution is 9.10. The Bertz CT molecular complexity index is 688. The predicted octanol–water partition coefficient (Wildman–Crippen LogP) is 3.58. The summed E-state index contributed by atoms with van der Waals surface area (Å²) in [6, 6.07) is 5.79. The lowest BCUT2D eigenvalue weighted by molar-refractivity contribution is 0.412. The highest BCUT2D eigenvalue weighted by Crippen LogP contribution is 2.24. The van der Waals surface area contributed by atoms with Crippen molar-refractivity contribution in [2.45, 2.75) is 20.4 Å². The smallest absolute Gasteiger partial charge is 0.210 e. The Hall–Kier alpha value is -1.40. The molecule has 0 radical (unpaired) electrons. The summed E-state index contributed by atoms with van der Waals surface area (Å²) in [4.78, 5) is 0.911. The molecule has 20 heavy (non-hydrogen) atoms. The molecule has 0 aliphatic carbocycles. The van der Waals surface area contributed by atoms with E-state index in [2.05, 4.69) is 49.9 Å². The Labute approximate surface area is 130 Å². The molecule has 106 valence electrons. The third-order valence-corrected chi connectivity index (χ3v) is 4.43. The van der Waals surface area contributed by atoms with E-state index in [0.717, 1.165) is 27.1 Å². The van der Waals surface area contributed by atoms with Gasteiger partial charge in [0, 0.05) is 17.6 Å². The Kier molecular flexibility index (Phi) is 5.14. The molecule has 0 amide bonds. The van der Waals surface area contributed by atoms with Crippen molar-refractivity contribution in [2.24, 2.45) is 10.2 Å². The van der Waals surface area contributed by atoms with Gasteiger partial charge in [0.15, 0.2) is 0 Å². The summed E-state index contributed by atoms with van der Waals surface area (Å²) in [6.45, 7) is 5.07. The van der Waals surface area contributed by atoms with Crippen LogP contribution < -0.4 is 9.54 Å². The third kappa shape index (κ3) is 3.37. The molecule has 1 aromatic heterocycles. The van der Waals surface area contributed by atoms with Crippen LogP contribution in [0.5, 0.6) is 5.75 Å². The summed E-state index contributed by atoms with van der Waals surface area (Å²) in [5.74, 6) is 0.803. The van der Waals surface area contributed by atoms with Gasteiger partial charge < -0.3 is 9.30 Å². The van der Waals surface area contributed by atoms with E-state index in [4.69, 9.17) is 4.74 Å². The number of aryl methyl sites for hydroxylation is 1. The molecule has 0 aliphatic rings. The average molecular weight is 354 g/mol. The van der Waals surface area contributed by atoms with E-state index in [1.54, 1.807) is 24.7 Å². The first kappa shape index (κ1) is 15.0. The number of ether oxygens (including phenoxy) is 1. The van der Waals surface area contributed by atoms with Gasteiger partial charge in [-0.2, -0.15) is 5.10 Å². The zero-order valence-electron chi connectivity index (χ0n) is 11.6. The standard InChI is InChI=1S/C14H16BrN3OS/c1-4-18-10(2)9-20-14(18)17-16-8-11-5-6-13(19-3)12(15)7-11/h5-9H,4H2,1-3H3/b16-8-,17-14+. The Morgan fingerprint density at radius 2 is 2.25 bits per heavy atom. The van der Waals surface area contributed by atoms with Crippen LogP contribution in [0.2, 0.25) is 0 Å². The fourth-order valence-electron chi connectivity index (χ4n) is 1.79. The molecule has 0 atom stereocenters.